The summed E-state index contributed by atoms with van der Waals surface area (Å²) in [5, 5.41) is 0.542. The number of nitrogens with zero attached hydrogens (tertiary/aromatic N) is 1. The summed E-state index contributed by atoms with van der Waals surface area (Å²) >= 11 is 3.29. The minimum Gasteiger partial charge on any atom is -0.345 e. The molecule has 3 aromatic rings. The number of aromatic nitrogens is 2. The molecule has 1 aromatic carbocycles. The van der Waals surface area contributed by atoms with Gasteiger partial charge in [-0.15, -0.1) is 0 Å². The van der Waals surface area contributed by atoms with Crippen LogP contribution in [0.2, 0.25) is 0 Å². The second-order valence-electron chi connectivity index (χ2n) is 5.67. The number of pyridine rings is 1. The Kier molecular flexibility index (Phi) is 5.10. The van der Waals surface area contributed by atoms with E-state index in [1.54, 1.807) is 19.2 Å². The van der Waals surface area contributed by atoms with E-state index >= 15 is 0 Å². The summed E-state index contributed by atoms with van der Waals surface area (Å²) in [7, 11) is -3.67. The summed E-state index contributed by atoms with van der Waals surface area (Å²) in [6, 6.07) is 5.74. The second-order valence-corrected chi connectivity index (χ2v) is 8.43. The van der Waals surface area contributed by atoms with Crippen molar-refractivity contribution in [2.75, 3.05) is 10.5 Å². The van der Waals surface area contributed by atoms with Crippen LogP contribution in [0.3, 0.4) is 0 Å². The summed E-state index contributed by atoms with van der Waals surface area (Å²) in [5.74, 6) is -1.60. The summed E-state index contributed by atoms with van der Waals surface area (Å²) < 4.78 is 41.4. The van der Waals surface area contributed by atoms with Crippen LogP contribution in [0.15, 0.2) is 41.1 Å². The number of H-pyrrole nitrogens is 1. The van der Waals surface area contributed by atoms with E-state index in [1.165, 1.54) is 24.4 Å². The number of anilines is 1. The van der Waals surface area contributed by atoms with Crippen LogP contribution in [-0.4, -0.2) is 29.9 Å². The first-order chi connectivity index (χ1) is 12.3. The van der Waals surface area contributed by atoms with E-state index in [0.29, 0.717) is 21.9 Å². The molecule has 0 atom stereocenters. The molecule has 0 amide bonds. The lowest BCUT2D eigenvalue weighted by molar-refractivity contribution is 0.103. The molecule has 9 heteroatoms. The lowest BCUT2D eigenvalue weighted by Gasteiger charge is -2.10. The number of carbonyl (C=O) groups is 1. The number of aromatic amines is 1. The molecule has 3 rings (SSSR count). The molecule has 0 saturated carbocycles. The van der Waals surface area contributed by atoms with Gasteiger partial charge in [-0.2, -0.15) is 0 Å². The predicted octanol–water partition coefficient (Wildman–Crippen LogP) is 3.85. The number of halogens is 2. The van der Waals surface area contributed by atoms with Gasteiger partial charge in [-0.3, -0.25) is 9.52 Å². The number of carbonyl (C=O) groups excluding carboxylic acids is 1. The quantitative estimate of drug-likeness (QED) is 0.570. The largest absolute Gasteiger partial charge is 0.345 e. The normalized spacial score (nSPS) is 11.7. The molecule has 2 heterocycles. The van der Waals surface area contributed by atoms with Gasteiger partial charge in [0.2, 0.25) is 10.0 Å². The molecule has 0 aliphatic carbocycles. The Bertz CT molecular complexity index is 1100. The number of hydrogen-bond acceptors (Lipinski definition) is 4. The molecule has 0 fully saturated rings. The number of nitrogens with one attached hydrogen (secondary N) is 2. The van der Waals surface area contributed by atoms with Crippen molar-refractivity contribution in [3.05, 3.63) is 58.1 Å². The maximum Gasteiger partial charge on any atom is 0.232 e. The summed E-state index contributed by atoms with van der Waals surface area (Å²) in [5.41, 5.74) is 0.282. The topological polar surface area (TPSA) is 91.9 Å². The van der Waals surface area contributed by atoms with Crippen LogP contribution in [0, 0.1) is 5.82 Å². The van der Waals surface area contributed by atoms with Crippen molar-refractivity contribution in [1.29, 1.82) is 0 Å². The number of rotatable bonds is 6. The van der Waals surface area contributed by atoms with E-state index < -0.39 is 21.6 Å². The van der Waals surface area contributed by atoms with Crippen molar-refractivity contribution in [3.63, 3.8) is 0 Å². The molecule has 0 aliphatic heterocycles. The number of ketones is 1. The first kappa shape index (κ1) is 18.5. The fourth-order valence-electron chi connectivity index (χ4n) is 2.58. The fourth-order valence-corrected chi connectivity index (χ4v) is 4.05. The molecular formula is C17H15BrFN3O3S. The molecule has 6 nitrogen and oxygen atoms in total. The highest BCUT2D eigenvalue weighted by Gasteiger charge is 2.22. The van der Waals surface area contributed by atoms with Gasteiger partial charge in [-0.05, 0) is 40.5 Å². The van der Waals surface area contributed by atoms with Crippen LogP contribution < -0.4 is 4.72 Å². The van der Waals surface area contributed by atoms with Crippen LogP contribution >= 0.6 is 15.9 Å². The van der Waals surface area contributed by atoms with Crippen molar-refractivity contribution in [2.24, 2.45) is 0 Å². The highest BCUT2D eigenvalue weighted by atomic mass is 79.9. The van der Waals surface area contributed by atoms with E-state index in [2.05, 4.69) is 30.6 Å². The number of sulfonamides is 1. The van der Waals surface area contributed by atoms with Crippen molar-refractivity contribution < 1.29 is 17.6 Å². The molecule has 0 spiro atoms. The van der Waals surface area contributed by atoms with E-state index in [4.69, 9.17) is 0 Å². The SMILES string of the molecule is CCCS(=O)(=O)Nc1cccc(C(=O)c2c[nH]c3ncc(Br)cc23)c1F. The minimum absolute atomic E-state index is 0.132. The zero-order valence-corrected chi connectivity index (χ0v) is 16.1. The standard InChI is InChI=1S/C17H15BrFN3O3S/c1-2-6-26(24,25)22-14-5-3-4-11(15(14)19)16(23)13-9-21-17-12(13)7-10(18)8-20-17/h3-5,7-9,22H,2,6H2,1H3,(H,20,21). The third-order valence-electron chi connectivity index (χ3n) is 3.72. The second kappa shape index (κ2) is 7.16. The van der Waals surface area contributed by atoms with Gasteiger partial charge in [0.25, 0.3) is 0 Å². The lowest BCUT2D eigenvalue weighted by Crippen LogP contribution is -2.18. The molecule has 0 aliphatic rings. The van der Waals surface area contributed by atoms with E-state index in [-0.39, 0.29) is 22.6 Å². The van der Waals surface area contributed by atoms with Gasteiger partial charge >= 0.3 is 0 Å². The molecule has 0 bridgehead atoms. The molecule has 136 valence electrons. The molecule has 0 unspecified atom stereocenters. The van der Waals surface area contributed by atoms with Crippen LogP contribution in [0.4, 0.5) is 10.1 Å². The Morgan fingerprint density at radius 2 is 2.12 bits per heavy atom. The summed E-state index contributed by atoms with van der Waals surface area (Å²) in [6.45, 7) is 1.71. The summed E-state index contributed by atoms with van der Waals surface area (Å²) in [6.07, 6.45) is 3.43. The van der Waals surface area contributed by atoms with Gasteiger partial charge in [0.05, 0.1) is 17.0 Å². The van der Waals surface area contributed by atoms with Gasteiger partial charge in [0, 0.05) is 27.8 Å². The van der Waals surface area contributed by atoms with Crippen LogP contribution in [0.25, 0.3) is 11.0 Å². The Morgan fingerprint density at radius 3 is 2.85 bits per heavy atom. The Hall–Kier alpha value is -2.26. The summed E-state index contributed by atoms with van der Waals surface area (Å²) in [4.78, 5) is 19.8. The van der Waals surface area contributed by atoms with Crippen molar-refractivity contribution in [2.45, 2.75) is 13.3 Å². The van der Waals surface area contributed by atoms with Gasteiger partial charge in [0.1, 0.15) is 5.65 Å². The highest BCUT2D eigenvalue weighted by Crippen LogP contribution is 2.26. The minimum atomic E-state index is -3.67. The van der Waals surface area contributed by atoms with Gasteiger partial charge in [0.15, 0.2) is 11.6 Å². The maximum atomic E-state index is 14.8. The molecule has 0 saturated heterocycles. The van der Waals surface area contributed by atoms with E-state index in [9.17, 15) is 17.6 Å². The van der Waals surface area contributed by atoms with Gasteiger partial charge < -0.3 is 4.98 Å². The molecule has 2 N–H and O–H groups in total. The number of fused-ring (bicyclic) bond motifs is 1. The predicted molar refractivity (Wildman–Crippen MR) is 101 cm³/mol. The molecular weight excluding hydrogens is 425 g/mol. The first-order valence-corrected chi connectivity index (χ1v) is 10.2. The van der Waals surface area contributed by atoms with E-state index in [1.807, 2.05) is 0 Å². The monoisotopic (exact) mass is 439 g/mol. The average Bonchev–Trinajstić information content (AvgIpc) is 2.99. The lowest BCUT2D eigenvalue weighted by atomic mass is 10.0. The smallest absolute Gasteiger partial charge is 0.232 e. The zero-order chi connectivity index (χ0) is 18.9. The first-order valence-electron chi connectivity index (χ1n) is 7.78. The average molecular weight is 440 g/mol. The molecule has 26 heavy (non-hydrogen) atoms. The van der Waals surface area contributed by atoms with Crippen LogP contribution in [-0.2, 0) is 10.0 Å². The number of benzene rings is 1. The van der Waals surface area contributed by atoms with E-state index in [0.717, 1.165) is 0 Å². The van der Waals surface area contributed by atoms with Crippen molar-refractivity contribution in [3.8, 4) is 0 Å². The number of hydrogen-bond donors (Lipinski definition) is 2. The van der Waals surface area contributed by atoms with Crippen LogP contribution in [0.5, 0.6) is 0 Å². The Labute approximate surface area is 158 Å². The highest BCUT2D eigenvalue weighted by molar-refractivity contribution is 9.10. The van der Waals surface area contributed by atoms with Crippen molar-refractivity contribution >= 4 is 48.5 Å². The molecule has 0 radical (unpaired) electrons. The third-order valence-corrected chi connectivity index (χ3v) is 5.63. The van der Waals surface area contributed by atoms with Gasteiger partial charge in [-0.1, -0.05) is 13.0 Å². The van der Waals surface area contributed by atoms with Gasteiger partial charge in [-0.25, -0.2) is 17.8 Å². The Balaban J connectivity index is 2.02. The Morgan fingerprint density at radius 1 is 1.35 bits per heavy atom. The van der Waals surface area contributed by atoms with Crippen LogP contribution in [0.1, 0.15) is 29.3 Å². The molecule has 2 aromatic heterocycles. The third kappa shape index (κ3) is 3.63. The fraction of sp³-hybridized carbons (Fsp3) is 0.176. The maximum absolute atomic E-state index is 14.8. The van der Waals surface area contributed by atoms with Crippen molar-refractivity contribution in [1.82, 2.24) is 9.97 Å². The zero-order valence-electron chi connectivity index (χ0n) is 13.7.